The second kappa shape index (κ2) is 6.61. The molecule has 0 atom stereocenters. The predicted octanol–water partition coefficient (Wildman–Crippen LogP) is 1.87. The van der Waals surface area contributed by atoms with Gasteiger partial charge in [-0.3, -0.25) is 0 Å². The van der Waals surface area contributed by atoms with Crippen molar-refractivity contribution in [3.8, 4) is 0 Å². The third-order valence-corrected chi connectivity index (χ3v) is 3.75. The summed E-state index contributed by atoms with van der Waals surface area (Å²) in [5, 5.41) is 3.35. The number of nitrogens with one attached hydrogen (secondary N) is 1. The quantitative estimate of drug-likeness (QED) is 0.635. The fourth-order valence-electron chi connectivity index (χ4n) is 2.54. The van der Waals surface area contributed by atoms with E-state index < -0.39 is 5.97 Å². The van der Waals surface area contributed by atoms with E-state index in [2.05, 4.69) is 10.2 Å². The second-order valence-corrected chi connectivity index (χ2v) is 5.22. The van der Waals surface area contributed by atoms with Crippen LogP contribution in [0.4, 0.5) is 11.4 Å². The molecule has 110 valence electrons. The molecule has 5 nitrogen and oxygen atoms in total. The number of carbonyl (C=O) groups excluding carboxylic acids is 1. The SMILES string of the molecule is COC(=O)c1cc(NCCN2CCCC2)cc(C)c1N. The standard InChI is InChI=1S/C15H23N3O2/c1-11-9-12(10-13(14(11)16)15(19)20-2)17-5-8-18-6-3-4-7-18/h9-10,17H,3-8,16H2,1-2H3. The number of hydrogen-bond acceptors (Lipinski definition) is 5. The van der Waals surface area contributed by atoms with Gasteiger partial charge in [-0.2, -0.15) is 0 Å². The molecule has 0 amide bonds. The number of carbonyl (C=O) groups is 1. The maximum absolute atomic E-state index is 11.7. The molecule has 20 heavy (non-hydrogen) atoms. The van der Waals surface area contributed by atoms with E-state index in [9.17, 15) is 4.79 Å². The van der Waals surface area contributed by atoms with E-state index in [1.165, 1.54) is 33.0 Å². The van der Waals surface area contributed by atoms with E-state index in [0.717, 1.165) is 24.3 Å². The molecular formula is C15H23N3O2. The summed E-state index contributed by atoms with van der Waals surface area (Å²) < 4.78 is 4.76. The summed E-state index contributed by atoms with van der Waals surface area (Å²) >= 11 is 0. The number of nitrogen functional groups attached to an aromatic ring is 1. The number of benzene rings is 1. The number of nitrogens with zero attached hydrogens (tertiary/aromatic N) is 1. The highest BCUT2D eigenvalue weighted by Crippen LogP contribution is 2.23. The molecular weight excluding hydrogens is 254 g/mol. The van der Waals surface area contributed by atoms with Crippen LogP contribution in [0, 0.1) is 6.92 Å². The van der Waals surface area contributed by atoms with Gasteiger partial charge in [0.05, 0.1) is 12.7 Å². The van der Waals surface area contributed by atoms with Gasteiger partial charge in [-0.05, 0) is 50.6 Å². The summed E-state index contributed by atoms with van der Waals surface area (Å²) in [4.78, 5) is 14.1. The van der Waals surface area contributed by atoms with E-state index in [0.29, 0.717) is 11.3 Å². The van der Waals surface area contributed by atoms with Crippen LogP contribution >= 0.6 is 0 Å². The minimum atomic E-state index is -0.395. The van der Waals surface area contributed by atoms with Gasteiger partial charge < -0.3 is 20.7 Å². The van der Waals surface area contributed by atoms with Crippen molar-refractivity contribution < 1.29 is 9.53 Å². The van der Waals surface area contributed by atoms with E-state index in [-0.39, 0.29) is 0 Å². The molecule has 1 aromatic carbocycles. The van der Waals surface area contributed by atoms with Gasteiger partial charge in [0.1, 0.15) is 0 Å². The molecule has 1 fully saturated rings. The lowest BCUT2D eigenvalue weighted by Crippen LogP contribution is -2.26. The van der Waals surface area contributed by atoms with Gasteiger partial charge in [-0.15, -0.1) is 0 Å². The average molecular weight is 277 g/mol. The van der Waals surface area contributed by atoms with Crippen LogP contribution < -0.4 is 11.1 Å². The van der Waals surface area contributed by atoms with Crippen LogP contribution in [-0.2, 0) is 4.74 Å². The highest BCUT2D eigenvalue weighted by molar-refractivity contribution is 5.97. The molecule has 5 heteroatoms. The summed E-state index contributed by atoms with van der Waals surface area (Å²) in [5.41, 5.74) is 8.63. The summed E-state index contributed by atoms with van der Waals surface area (Å²) in [6.45, 7) is 6.17. The summed E-state index contributed by atoms with van der Waals surface area (Å²) in [7, 11) is 1.37. The topological polar surface area (TPSA) is 67.6 Å². The number of methoxy groups -OCH3 is 1. The maximum atomic E-state index is 11.7. The van der Waals surface area contributed by atoms with Crippen LogP contribution in [0.5, 0.6) is 0 Å². The fraction of sp³-hybridized carbons (Fsp3) is 0.533. The fourth-order valence-corrected chi connectivity index (χ4v) is 2.54. The zero-order valence-corrected chi connectivity index (χ0v) is 12.2. The Morgan fingerprint density at radius 3 is 2.75 bits per heavy atom. The molecule has 1 heterocycles. The van der Waals surface area contributed by atoms with Gasteiger partial charge in [0.15, 0.2) is 0 Å². The van der Waals surface area contributed by atoms with Crippen LogP contribution in [0.3, 0.4) is 0 Å². The van der Waals surface area contributed by atoms with Crippen LogP contribution in [0.1, 0.15) is 28.8 Å². The number of esters is 1. The minimum absolute atomic E-state index is 0.395. The highest BCUT2D eigenvalue weighted by Gasteiger charge is 2.14. The van der Waals surface area contributed by atoms with E-state index in [1.54, 1.807) is 6.07 Å². The van der Waals surface area contributed by atoms with Gasteiger partial charge in [0.2, 0.25) is 0 Å². The molecule has 0 unspecified atom stereocenters. The number of nitrogens with two attached hydrogens (primary N) is 1. The molecule has 1 aliphatic heterocycles. The lowest BCUT2D eigenvalue weighted by atomic mass is 10.1. The molecule has 1 aromatic rings. The monoisotopic (exact) mass is 277 g/mol. The summed E-state index contributed by atoms with van der Waals surface area (Å²) in [6, 6.07) is 3.73. The third-order valence-electron chi connectivity index (χ3n) is 3.75. The Kier molecular flexibility index (Phi) is 4.84. The number of likely N-dealkylation sites (tertiary alicyclic amines) is 1. The van der Waals surface area contributed by atoms with Gasteiger partial charge in [0, 0.05) is 24.5 Å². The number of ether oxygens (including phenoxy) is 1. The summed E-state index contributed by atoms with van der Waals surface area (Å²) in [5.74, 6) is -0.395. The highest BCUT2D eigenvalue weighted by atomic mass is 16.5. The number of anilines is 2. The second-order valence-electron chi connectivity index (χ2n) is 5.22. The molecule has 3 N–H and O–H groups in total. The Balaban J connectivity index is 2.00. The Hall–Kier alpha value is -1.75. The predicted molar refractivity (Wildman–Crippen MR) is 81.1 cm³/mol. The molecule has 0 aliphatic carbocycles. The van der Waals surface area contributed by atoms with Crippen molar-refractivity contribution in [1.82, 2.24) is 4.90 Å². The molecule has 0 aromatic heterocycles. The maximum Gasteiger partial charge on any atom is 0.340 e. The Morgan fingerprint density at radius 1 is 1.40 bits per heavy atom. The van der Waals surface area contributed by atoms with E-state index >= 15 is 0 Å². The van der Waals surface area contributed by atoms with Crippen LogP contribution in [0.2, 0.25) is 0 Å². The number of hydrogen-bond donors (Lipinski definition) is 2. The van der Waals surface area contributed by atoms with Crippen LogP contribution in [0.25, 0.3) is 0 Å². The van der Waals surface area contributed by atoms with Crippen molar-refractivity contribution in [1.29, 1.82) is 0 Å². The lowest BCUT2D eigenvalue weighted by molar-refractivity contribution is 0.0602. The first-order chi connectivity index (χ1) is 9.61. The van der Waals surface area contributed by atoms with Gasteiger partial charge >= 0.3 is 5.97 Å². The van der Waals surface area contributed by atoms with Gasteiger partial charge in [-0.25, -0.2) is 4.79 Å². The largest absolute Gasteiger partial charge is 0.465 e. The number of rotatable bonds is 5. The molecule has 0 radical (unpaired) electrons. The zero-order valence-electron chi connectivity index (χ0n) is 12.2. The molecule has 1 saturated heterocycles. The average Bonchev–Trinajstić information content (AvgIpc) is 2.95. The first-order valence-electron chi connectivity index (χ1n) is 7.06. The van der Waals surface area contributed by atoms with Crippen molar-refractivity contribution in [3.63, 3.8) is 0 Å². The number of aryl methyl sites for hydroxylation is 1. The molecule has 1 aliphatic rings. The van der Waals surface area contributed by atoms with Gasteiger partial charge in [-0.1, -0.05) is 0 Å². The summed E-state index contributed by atoms with van der Waals surface area (Å²) in [6.07, 6.45) is 2.60. The lowest BCUT2D eigenvalue weighted by Gasteiger charge is -2.16. The van der Waals surface area contributed by atoms with Crippen LogP contribution in [-0.4, -0.2) is 44.2 Å². The van der Waals surface area contributed by atoms with Crippen molar-refractivity contribution in [2.45, 2.75) is 19.8 Å². The normalized spacial score (nSPS) is 15.3. The minimum Gasteiger partial charge on any atom is -0.465 e. The van der Waals surface area contributed by atoms with Crippen molar-refractivity contribution >= 4 is 17.3 Å². The zero-order chi connectivity index (χ0) is 14.5. The van der Waals surface area contributed by atoms with Gasteiger partial charge in [0.25, 0.3) is 0 Å². The van der Waals surface area contributed by atoms with Crippen molar-refractivity contribution in [3.05, 3.63) is 23.3 Å². The van der Waals surface area contributed by atoms with E-state index in [4.69, 9.17) is 10.5 Å². The first kappa shape index (κ1) is 14.7. The van der Waals surface area contributed by atoms with Crippen molar-refractivity contribution in [2.24, 2.45) is 0 Å². The third kappa shape index (κ3) is 3.42. The smallest absolute Gasteiger partial charge is 0.340 e. The molecule has 0 spiro atoms. The Bertz CT molecular complexity index is 482. The Morgan fingerprint density at radius 2 is 2.10 bits per heavy atom. The molecule has 0 bridgehead atoms. The molecule has 0 saturated carbocycles. The molecule has 2 rings (SSSR count). The van der Waals surface area contributed by atoms with E-state index in [1.807, 2.05) is 13.0 Å². The Labute approximate surface area is 120 Å². The van der Waals surface area contributed by atoms with Crippen molar-refractivity contribution in [2.75, 3.05) is 44.3 Å². The van der Waals surface area contributed by atoms with Crippen LogP contribution in [0.15, 0.2) is 12.1 Å². The first-order valence-corrected chi connectivity index (χ1v) is 7.06.